The maximum absolute atomic E-state index is 12.5. The number of hydrogen-bond donors (Lipinski definition) is 2. The topological polar surface area (TPSA) is 67.4 Å². The molecule has 0 aliphatic heterocycles. The van der Waals surface area contributed by atoms with Crippen LogP contribution in [0.25, 0.3) is 0 Å². The van der Waals surface area contributed by atoms with Crippen LogP contribution in [0.1, 0.15) is 23.6 Å². The van der Waals surface area contributed by atoms with Crippen molar-refractivity contribution in [2.45, 2.75) is 32.9 Å². The molecule has 0 aliphatic rings. The van der Waals surface area contributed by atoms with Gasteiger partial charge >= 0.3 is 0 Å². The molecule has 27 heavy (non-hydrogen) atoms. The van der Waals surface area contributed by atoms with Gasteiger partial charge in [0.15, 0.2) is 0 Å². The number of anilines is 2. The average molecular weight is 387 g/mol. The fourth-order valence-electron chi connectivity index (χ4n) is 2.81. The first-order valence-electron chi connectivity index (χ1n) is 8.75. The lowest BCUT2D eigenvalue weighted by atomic mass is 10.1. The Morgan fingerprint density at radius 3 is 2.33 bits per heavy atom. The molecule has 5 nitrogen and oxygen atoms in total. The molecule has 0 spiro atoms. The number of amides is 2. The van der Waals surface area contributed by atoms with E-state index in [1.807, 2.05) is 45.0 Å². The van der Waals surface area contributed by atoms with Crippen molar-refractivity contribution in [3.05, 3.63) is 53.1 Å². The third kappa shape index (κ3) is 5.76. The molecule has 2 rings (SSSR count). The van der Waals surface area contributed by atoms with Crippen molar-refractivity contribution in [1.29, 1.82) is 0 Å². The lowest BCUT2D eigenvalue weighted by molar-refractivity contribution is -0.115. The molecule has 2 N–H and O–H groups in total. The Morgan fingerprint density at radius 2 is 1.70 bits per heavy atom. The number of aryl methyl sites for hydroxylation is 3. The van der Waals surface area contributed by atoms with E-state index in [2.05, 4.69) is 10.6 Å². The highest BCUT2D eigenvalue weighted by Gasteiger charge is 2.17. The van der Waals surface area contributed by atoms with Gasteiger partial charge in [-0.3, -0.25) is 9.59 Å². The number of thioether (sulfide) groups is 1. The van der Waals surface area contributed by atoms with E-state index in [0.29, 0.717) is 11.4 Å². The van der Waals surface area contributed by atoms with Gasteiger partial charge in [0.1, 0.15) is 5.75 Å². The van der Waals surface area contributed by atoms with Crippen LogP contribution in [0.15, 0.2) is 36.4 Å². The molecule has 0 heterocycles. The van der Waals surface area contributed by atoms with Crippen LogP contribution in [0.5, 0.6) is 5.75 Å². The number of ether oxygens (including phenoxy) is 1. The number of nitrogens with one attached hydrogen (secondary N) is 2. The van der Waals surface area contributed by atoms with Crippen molar-refractivity contribution in [2.24, 2.45) is 0 Å². The Hall–Kier alpha value is -2.47. The minimum absolute atomic E-state index is 0.111. The van der Waals surface area contributed by atoms with Gasteiger partial charge in [-0.1, -0.05) is 29.8 Å². The van der Waals surface area contributed by atoms with Crippen molar-refractivity contribution in [1.82, 2.24) is 0 Å². The normalized spacial score (nSPS) is 11.6. The number of rotatable bonds is 7. The van der Waals surface area contributed by atoms with Gasteiger partial charge in [-0.15, -0.1) is 11.8 Å². The van der Waals surface area contributed by atoms with Crippen molar-refractivity contribution < 1.29 is 14.3 Å². The van der Waals surface area contributed by atoms with Gasteiger partial charge in [0, 0.05) is 5.69 Å². The predicted octanol–water partition coefficient (Wildman–Crippen LogP) is 4.32. The molecule has 0 aromatic heterocycles. The zero-order chi connectivity index (χ0) is 20.0. The molecular formula is C21H26N2O3S. The summed E-state index contributed by atoms with van der Waals surface area (Å²) in [6.07, 6.45) is 0. The maximum atomic E-state index is 12.5. The van der Waals surface area contributed by atoms with Gasteiger partial charge in [-0.25, -0.2) is 0 Å². The second-order valence-electron chi connectivity index (χ2n) is 6.46. The molecule has 0 aliphatic carbocycles. The third-order valence-electron chi connectivity index (χ3n) is 4.14. The molecule has 0 saturated heterocycles. The summed E-state index contributed by atoms with van der Waals surface area (Å²) in [5, 5.41) is 5.45. The molecule has 1 atom stereocenters. The highest BCUT2D eigenvalue weighted by molar-refractivity contribution is 8.01. The van der Waals surface area contributed by atoms with Gasteiger partial charge in [0.25, 0.3) is 0 Å². The number of carbonyl (C=O) groups is 2. The second kappa shape index (κ2) is 9.46. The van der Waals surface area contributed by atoms with Crippen LogP contribution in [0.3, 0.4) is 0 Å². The van der Waals surface area contributed by atoms with Crippen LogP contribution in [-0.2, 0) is 9.59 Å². The smallest absolute Gasteiger partial charge is 0.237 e. The SMILES string of the molecule is COc1ccccc1NC(=O)CS[C@H](C)C(=O)Nc1c(C)cc(C)cc1C. The van der Waals surface area contributed by atoms with Crippen LogP contribution in [-0.4, -0.2) is 29.9 Å². The molecule has 144 valence electrons. The Morgan fingerprint density at radius 1 is 1.07 bits per heavy atom. The zero-order valence-corrected chi connectivity index (χ0v) is 17.2. The van der Waals surface area contributed by atoms with Crippen molar-refractivity contribution in [3.8, 4) is 5.75 Å². The molecule has 0 fully saturated rings. The van der Waals surface area contributed by atoms with Crippen molar-refractivity contribution in [3.63, 3.8) is 0 Å². The lowest BCUT2D eigenvalue weighted by Gasteiger charge is -2.16. The van der Waals surface area contributed by atoms with E-state index in [-0.39, 0.29) is 22.8 Å². The van der Waals surface area contributed by atoms with E-state index in [9.17, 15) is 9.59 Å². The Bertz CT molecular complexity index is 813. The van der Waals surface area contributed by atoms with Gasteiger partial charge in [0.2, 0.25) is 11.8 Å². The summed E-state index contributed by atoms with van der Waals surface area (Å²) in [5.74, 6) is 0.498. The van der Waals surface area contributed by atoms with E-state index >= 15 is 0 Å². The Labute approximate surface area is 164 Å². The van der Waals surface area contributed by atoms with Crippen LogP contribution in [0.4, 0.5) is 11.4 Å². The number of para-hydroxylation sites is 2. The van der Waals surface area contributed by atoms with Crippen LogP contribution in [0.2, 0.25) is 0 Å². The highest BCUT2D eigenvalue weighted by atomic mass is 32.2. The van der Waals surface area contributed by atoms with E-state index in [1.165, 1.54) is 17.3 Å². The lowest BCUT2D eigenvalue weighted by Crippen LogP contribution is -2.25. The quantitative estimate of drug-likeness (QED) is 0.744. The molecule has 2 amide bonds. The van der Waals surface area contributed by atoms with Gasteiger partial charge < -0.3 is 15.4 Å². The predicted molar refractivity (Wildman–Crippen MR) is 113 cm³/mol. The van der Waals surface area contributed by atoms with Crippen LogP contribution in [0, 0.1) is 20.8 Å². The first kappa shape index (κ1) is 20.8. The monoisotopic (exact) mass is 386 g/mol. The largest absolute Gasteiger partial charge is 0.495 e. The summed E-state index contributed by atoms with van der Waals surface area (Å²) in [4.78, 5) is 24.7. The second-order valence-corrected chi connectivity index (χ2v) is 7.79. The first-order valence-corrected chi connectivity index (χ1v) is 9.80. The number of hydrogen-bond acceptors (Lipinski definition) is 4. The van der Waals surface area contributed by atoms with E-state index < -0.39 is 0 Å². The minimum Gasteiger partial charge on any atom is -0.495 e. The number of carbonyl (C=O) groups excluding carboxylic acids is 2. The first-order chi connectivity index (χ1) is 12.8. The molecule has 6 heteroatoms. The molecule has 0 radical (unpaired) electrons. The summed E-state index contributed by atoms with van der Waals surface area (Å²) in [5.41, 5.74) is 4.70. The third-order valence-corrected chi connectivity index (χ3v) is 5.28. The summed E-state index contributed by atoms with van der Waals surface area (Å²) in [7, 11) is 1.56. The van der Waals surface area contributed by atoms with Gasteiger partial charge in [-0.2, -0.15) is 0 Å². The summed E-state index contributed by atoms with van der Waals surface area (Å²) < 4.78 is 5.22. The molecule has 0 unspecified atom stereocenters. The fraction of sp³-hybridized carbons (Fsp3) is 0.333. The molecular weight excluding hydrogens is 360 g/mol. The standard InChI is InChI=1S/C21H26N2O3S/c1-13-10-14(2)20(15(3)11-13)23-21(25)16(4)27-12-19(24)22-17-8-6-7-9-18(17)26-5/h6-11,16H,12H2,1-5H3,(H,22,24)(H,23,25)/t16-/m1/s1. The van der Waals surface area contributed by atoms with Gasteiger partial charge in [-0.05, 0) is 51.0 Å². The number of methoxy groups -OCH3 is 1. The average Bonchev–Trinajstić information content (AvgIpc) is 2.62. The van der Waals surface area contributed by atoms with Crippen molar-refractivity contribution in [2.75, 3.05) is 23.5 Å². The maximum Gasteiger partial charge on any atom is 0.237 e. The van der Waals surface area contributed by atoms with Gasteiger partial charge in [0.05, 0.1) is 23.8 Å². The van der Waals surface area contributed by atoms with E-state index in [1.54, 1.807) is 26.2 Å². The fourth-order valence-corrected chi connectivity index (χ4v) is 3.50. The summed E-state index contributed by atoms with van der Waals surface area (Å²) in [6, 6.07) is 11.3. The van der Waals surface area contributed by atoms with E-state index in [0.717, 1.165) is 16.8 Å². The zero-order valence-electron chi connectivity index (χ0n) is 16.4. The van der Waals surface area contributed by atoms with E-state index in [4.69, 9.17) is 4.74 Å². The molecule has 0 saturated carbocycles. The van der Waals surface area contributed by atoms with Crippen LogP contribution < -0.4 is 15.4 Å². The van der Waals surface area contributed by atoms with Crippen LogP contribution >= 0.6 is 11.8 Å². The Balaban J connectivity index is 1.90. The highest BCUT2D eigenvalue weighted by Crippen LogP contribution is 2.25. The van der Waals surface area contributed by atoms with Crippen molar-refractivity contribution >= 4 is 35.0 Å². The summed E-state index contributed by atoms with van der Waals surface area (Å²) >= 11 is 1.29. The molecule has 2 aromatic rings. The molecule has 2 aromatic carbocycles. The summed E-state index contributed by atoms with van der Waals surface area (Å²) in [6.45, 7) is 7.79. The Kier molecular flexibility index (Phi) is 7.30. The number of benzene rings is 2. The minimum atomic E-state index is -0.353. The molecule has 0 bridgehead atoms.